The van der Waals surface area contributed by atoms with Gasteiger partial charge in [-0.1, -0.05) is 6.07 Å². The number of carbonyl (C=O) groups excluding carboxylic acids is 4. The Kier molecular flexibility index (Phi) is 10.7. The van der Waals surface area contributed by atoms with Crippen LogP contribution in [0.5, 0.6) is 28.7 Å². The molecule has 3 amide bonds. The summed E-state index contributed by atoms with van der Waals surface area (Å²) in [5.74, 6) is -0.576. The number of benzene rings is 2. The Labute approximate surface area is 241 Å². The van der Waals surface area contributed by atoms with Crippen LogP contribution in [0.4, 0.5) is 4.79 Å². The second-order valence-electron chi connectivity index (χ2n) is 8.63. The highest BCUT2D eigenvalue weighted by molar-refractivity contribution is 5.95. The van der Waals surface area contributed by atoms with Crippen LogP contribution in [0.15, 0.2) is 46.7 Å². The highest BCUT2D eigenvalue weighted by Crippen LogP contribution is 2.38. The Hall–Kier alpha value is -5.27. The second kappa shape index (κ2) is 14.4. The van der Waals surface area contributed by atoms with Crippen molar-refractivity contribution in [3.63, 3.8) is 0 Å². The summed E-state index contributed by atoms with van der Waals surface area (Å²) in [6.07, 6.45) is 1.35. The first-order chi connectivity index (χ1) is 20.1. The quantitative estimate of drug-likeness (QED) is 0.146. The fourth-order valence-corrected chi connectivity index (χ4v) is 3.98. The average molecular weight is 585 g/mol. The maximum atomic E-state index is 12.6. The molecule has 0 saturated heterocycles. The van der Waals surface area contributed by atoms with E-state index in [1.54, 1.807) is 44.2 Å². The third-order valence-corrected chi connectivity index (χ3v) is 5.78. The molecule has 14 heteroatoms. The number of methoxy groups -OCH3 is 3. The van der Waals surface area contributed by atoms with Crippen LogP contribution in [0, 0.1) is 0 Å². The number of hydrazone groups is 1. The molecular formula is C28H32N4O10. The van der Waals surface area contributed by atoms with Gasteiger partial charge in [-0.3, -0.25) is 9.59 Å². The fraction of sp³-hybridized carbons (Fsp3) is 0.321. The number of urea groups is 1. The normalized spacial score (nSPS) is 14.4. The summed E-state index contributed by atoms with van der Waals surface area (Å²) in [5, 5.41) is 9.21. The Balaban J connectivity index is 1.69. The second-order valence-corrected chi connectivity index (χ2v) is 8.63. The van der Waals surface area contributed by atoms with Gasteiger partial charge in [0.05, 0.1) is 45.8 Å². The number of ether oxygens (including phenoxy) is 6. The number of allylic oxidation sites excluding steroid dienone is 1. The smallest absolute Gasteiger partial charge is 0.338 e. The molecule has 0 fully saturated rings. The summed E-state index contributed by atoms with van der Waals surface area (Å²) in [5.41, 5.74) is 4.00. The molecule has 0 aromatic heterocycles. The van der Waals surface area contributed by atoms with Crippen LogP contribution >= 0.6 is 0 Å². The monoisotopic (exact) mass is 584 g/mol. The van der Waals surface area contributed by atoms with Crippen LogP contribution in [0.25, 0.3) is 0 Å². The molecule has 1 heterocycles. The van der Waals surface area contributed by atoms with E-state index in [1.807, 2.05) is 0 Å². The van der Waals surface area contributed by atoms with Gasteiger partial charge in [0.1, 0.15) is 0 Å². The zero-order valence-electron chi connectivity index (χ0n) is 24.0. The standard InChI is InChI=1S/C28H32N4O10/c1-7-40-27(35)24-15(2)30-28(36)31-25(24)18-8-9-19(20(12-18)37-4)41-14-23(34)32-29-13-17-10-21(38-5)26(42-16(3)33)22(11-17)39-6/h8-13,25H,7,14H2,1-6H3,(H,32,34)(H2,30,31,36)/b29-13+/t25-/m0/s1. The minimum absolute atomic E-state index is 0.118. The first-order valence-electron chi connectivity index (χ1n) is 12.6. The highest BCUT2D eigenvalue weighted by atomic mass is 16.6. The molecule has 0 radical (unpaired) electrons. The van der Waals surface area contributed by atoms with E-state index in [2.05, 4.69) is 21.2 Å². The summed E-state index contributed by atoms with van der Waals surface area (Å²) >= 11 is 0. The summed E-state index contributed by atoms with van der Waals surface area (Å²) in [6, 6.07) is 6.62. The molecule has 0 aliphatic carbocycles. The zero-order valence-corrected chi connectivity index (χ0v) is 24.0. The summed E-state index contributed by atoms with van der Waals surface area (Å²) in [4.78, 5) is 48.5. The van der Waals surface area contributed by atoms with Crippen molar-refractivity contribution in [1.29, 1.82) is 0 Å². The Bertz CT molecular complexity index is 1390. The zero-order chi connectivity index (χ0) is 30.8. The molecule has 1 aliphatic rings. The molecule has 14 nitrogen and oxygen atoms in total. The van der Waals surface area contributed by atoms with Gasteiger partial charge in [0.25, 0.3) is 5.91 Å². The lowest BCUT2D eigenvalue weighted by Crippen LogP contribution is -2.45. The van der Waals surface area contributed by atoms with Crippen LogP contribution in [-0.2, 0) is 19.1 Å². The lowest BCUT2D eigenvalue weighted by atomic mass is 9.95. The van der Waals surface area contributed by atoms with E-state index in [-0.39, 0.29) is 40.9 Å². The Morgan fingerprint density at radius 1 is 1.00 bits per heavy atom. The van der Waals surface area contributed by atoms with Crippen molar-refractivity contribution in [3.8, 4) is 28.7 Å². The Morgan fingerprint density at radius 3 is 2.26 bits per heavy atom. The van der Waals surface area contributed by atoms with Gasteiger partial charge in [0, 0.05) is 18.2 Å². The molecular weight excluding hydrogens is 552 g/mol. The van der Waals surface area contributed by atoms with Gasteiger partial charge in [-0.15, -0.1) is 0 Å². The summed E-state index contributed by atoms with van der Waals surface area (Å²) < 4.78 is 31.9. The fourth-order valence-electron chi connectivity index (χ4n) is 3.98. The van der Waals surface area contributed by atoms with Gasteiger partial charge in [0.2, 0.25) is 5.75 Å². The molecule has 0 bridgehead atoms. The molecule has 0 unspecified atom stereocenters. The third kappa shape index (κ3) is 7.68. The molecule has 3 rings (SSSR count). The topological polar surface area (TPSA) is 172 Å². The number of rotatable bonds is 12. The molecule has 2 aromatic rings. The molecule has 3 N–H and O–H groups in total. The Morgan fingerprint density at radius 2 is 1.67 bits per heavy atom. The lowest BCUT2D eigenvalue weighted by Gasteiger charge is -2.28. The number of carbonyl (C=O) groups is 4. The van der Waals surface area contributed by atoms with Gasteiger partial charge >= 0.3 is 18.0 Å². The maximum absolute atomic E-state index is 12.6. The van der Waals surface area contributed by atoms with Crippen molar-refractivity contribution in [3.05, 3.63) is 52.7 Å². The van der Waals surface area contributed by atoms with Crippen molar-refractivity contribution in [2.75, 3.05) is 34.5 Å². The number of nitrogens with zero attached hydrogens (tertiary/aromatic N) is 1. The number of esters is 2. The van der Waals surface area contributed by atoms with Crippen molar-refractivity contribution in [1.82, 2.24) is 16.1 Å². The van der Waals surface area contributed by atoms with E-state index >= 15 is 0 Å². The largest absolute Gasteiger partial charge is 0.493 e. The molecule has 2 aromatic carbocycles. The summed E-state index contributed by atoms with van der Waals surface area (Å²) in [6.45, 7) is 4.32. The van der Waals surface area contributed by atoms with E-state index in [1.165, 1.54) is 34.5 Å². The number of nitrogens with one attached hydrogen (secondary N) is 3. The molecule has 42 heavy (non-hydrogen) atoms. The predicted octanol–water partition coefficient (Wildman–Crippen LogP) is 2.36. The first kappa shape index (κ1) is 31.3. The minimum atomic E-state index is -0.793. The van der Waals surface area contributed by atoms with E-state index in [0.717, 1.165) is 0 Å². The van der Waals surface area contributed by atoms with Gasteiger partial charge in [-0.05, 0) is 43.7 Å². The van der Waals surface area contributed by atoms with Crippen molar-refractivity contribution < 1.29 is 47.6 Å². The van der Waals surface area contributed by atoms with E-state index in [0.29, 0.717) is 16.8 Å². The van der Waals surface area contributed by atoms with E-state index in [4.69, 9.17) is 28.4 Å². The van der Waals surface area contributed by atoms with Crippen LogP contribution < -0.4 is 39.7 Å². The van der Waals surface area contributed by atoms with Crippen LogP contribution in [0.1, 0.15) is 37.9 Å². The van der Waals surface area contributed by atoms with Crippen LogP contribution in [0.2, 0.25) is 0 Å². The van der Waals surface area contributed by atoms with Gasteiger partial charge in [-0.2, -0.15) is 5.10 Å². The summed E-state index contributed by atoms with van der Waals surface area (Å²) in [7, 11) is 4.23. The average Bonchev–Trinajstić information content (AvgIpc) is 2.95. The molecule has 0 spiro atoms. The maximum Gasteiger partial charge on any atom is 0.338 e. The number of amides is 3. The number of hydrogen-bond acceptors (Lipinski definition) is 11. The van der Waals surface area contributed by atoms with Gasteiger partial charge in [0.15, 0.2) is 29.6 Å². The third-order valence-electron chi connectivity index (χ3n) is 5.78. The van der Waals surface area contributed by atoms with Gasteiger partial charge < -0.3 is 39.1 Å². The highest BCUT2D eigenvalue weighted by Gasteiger charge is 2.32. The predicted molar refractivity (Wildman–Crippen MR) is 149 cm³/mol. The SMILES string of the molecule is CCOC(=O)C1=C(C)NC(=O)N[C@H]1c1ccc(OCC(=O)N/N=C/c2cc(OC)c(OC(C)=O)c(OC)c2)c(OC)c1. The van der Waals surface area contributed by atoms with E-state index < -0.39 is 36.5 Å². The first-order valence-corrected chi connectivity index (χ1v) is 12.6. The molecule has 1 aliphatic heterocycles. The number of hydrogen-bond donors (Lipinski definition) is 3. The van der Waals surface area contributed by atoms with Crippen LogP contribution in [0.3, 0.4) is 0 Å². The molecule has 0 saturated carbocycles. The van der Waals surface area contributed by atoms with Crippen LogP contribution in [-0.4, -0.2) is 64.6 Å². The molecule has 224 valence electrons. The minimum Gasteiger partial charge on any atom is -0.493 e. The van der Waals surface area contributed by atoms with Crippen molar-refractivity contribution in [2.24, 2.45) is 5.10 Å². The molecule has 1 atom stereocenters. The van der Waals surface area contributed by atoms with Crippen molar-refractivity contribution in [2.45, 2.75) is 26.8 Å². The lowest BCUT2D eigenvalue weighted by molar-refractivity contribution is -0.139. The van der Waals surface area contributed by atoms with Gasteiger partial charge in [-0.25, -0.2) is 15.0 Å². The van der Waals surface area contributed by atoms with Crippen molar-refractivity contribution >= 4 is 30.1 Å². The van der Waals surface area contributed by atoms with E-state index in [9.17, 15) is 19.2 Å².